The molecule has 2 aliphatic heterocycles. The van der Waals surface area contributed by atoms with Crippen LogP contribution in [0.15, 0.2) is 29.3 Å². The van der Waals surface area contributed by atoms with Gasteiger partial charge < -0.3 is 14.4 Å². The zero-order valence-electron chi connectivity index (χ0n) is 14.0. The summed E-state index contributed by atoms with van der Waals surface area (Å²) in [5.41, 5.74) is 0.796. The molecule has 1 aromatic rings. The van der Waals surface area contributed by atoms with Crippen molar-refractivity contribution in [1.29, 1.82) is 0 Å². The quantitative estimate of drug-likeness (QED) is 0.757. The highest BCUT2D eigenvalue weighted by atomic mass is 32.2. The molecule has 25 heavy (non-hydrogen) atoms. The summed E-state index contributed by atoms with van der Waals surface area (Å²) in [4.78, 5) is 17.8. The van der Waals surface area contributed by atoms with Gasteiger partial charge >= 0.3 is 0 Å². The van der Waals surface area contributed by atoms with Gasteiger partial charge in [-0.05, 0) is 31.2 Å². The van der Waals surface area contributed by atoms with Crippen molar-refractivity contribution in [3.8, 4) is 5.75 Å². The van der Waals surface area contributed by atoms with Crippen LogP contribution in [-0.4, -0.2) is 62.6 Å². The van der Waals surface area contributed by atoms with Gasteiger partial charge in [0.1, 0.15) is 12.4 Å². The van der Waals surface area contributed by atoms with Crippen molar-refractivity contribution in [2.24, 2.45) is 4.99 Å². The summed E-state index contributed by atoms with van der Waals surface area (Å²) in [5.74, 6) is 0.523. The van der Waals surface area contributed by atoms with Crippen molar-refractivity contribution in [3.05, 3.63) is 24.3 Å². The molecule has 0 aromatic heterocycles. The van der Waals surface area contributed by atoms with E-state index in [0.717, 1.165) is 11.4 Å². The second-order valence-corrected chi connectivity index (χ2v) is 9.18. The number of fused-ring (bicyclic) bond motifs is 1. The Morgan fingerprint density at radius 3 is 2.68 bits per heavy atom. The highest BCUT2D eigenvalue weighted by Gasteiger charge is 2.49. The van der Waals surface area contributed by atoms with E-state index in [1.165, 1.54) is 18.9 Å². The number of rotatable bonds is 5. The number of ether oxygens (including phenoxy) is 2. The standard InChI is InChI=1S/C16H20N2O5S2/c1-3-23-12-6-4-11(5-7-12)18-13-9-25(20,21)10-14(13)24-16(18)17-15(19)8-22-2/h4-7,13-14H,3,8-10H2,1-2H3. The molecule has 0 aliphatic carbocycles. The lowest BCUT2D eigenvalue weighted by Gasteiger charge is -2.24. The number of nitrogens with zero attached hydrogens (tertiary/aromatic N) is 2. The van der Waals surface area contributed by atoms with Crippen LogP contribution in [-0.2, 0) is 19.4 Å². The fourth-order valence-corrected chi connectivity index (χ4v) is 6.93. The minimum absolute atomic E-state index is 0.0648. The van der Waals surface area contributed by atoms with Crippen LogP contribution < -0.4 is 9.64 Å². The normalized spacial score (nSPS) is 26.0. The van der Waals surface area contributed by atoms with E-state index >= 15 is 0 Å². The lowest BCUT2D eigenvalue weighted by molar-refractivity contribution is -0.121. The zero-order valence-corrected chi connectivity index (χ0v) is 15.7. The van der Waals surface area contributed by atoms with E-state index < -0.39 is 9.84 Å². The van der Waals surface area contributed by atoms with Crippen LogP contribution in [0, 0.1) is 0 Å². The first-order chi connectivity index (χ1) is 11.9. The first-order valence-electron chi connectivity index (χ1n) is 7.93. The molecule has 2 aliphatic rings. The molecule has 2 atom stereocenters. The molecule has 2 saturated heterocycles. The van der Waals surface area contributed by atoms with Crippen LogP contribution in [0.3, 0.4) is 0 Å². The van der Waals surface area contributed by atoms with Crippen LogP contribution in [0.2, 0.25) is 0 Å². The Labute approximate surface area is 151 Å². The van der Waals surface area contributed by atoms with Crippen molar-refractivity contribution in [1.82, 2.24) is 0 Å². The summed E-state index contributed by atoms with van der Waals surface area (Å²) in [6, 6.07) is 7.15. The van der Waals surface area contributed by atoms with Crippen molar-refractivity contribution >= 4 is 38.4 Å². The van der Waals surface area contributed by atoms with Gasteiger partial charge in [0.15, 0.2) is 15.0 Å². The topological polar surface area (TPSA) is 85.3 Å². The van der Waals surface area contributed by atoms with E-state index in [0.29, 0.717) is 11.8 Å². The van der Waals surface area contributed by atoms with E-state index in [1.54, 1.807) is 0 Å². The van der Waals surface area contributed by atoms with E-state index in [2.05, 4.69) is 4.99 Å². The number of amides is 1. The summed E-state index contributed by atoms with van der Waals surface area (Å²) < 4.78 is 34.3. The summed E-state index contributed by atoms with van der Waals surface area (Å²) in [7, 11) is -1.64. The third kappa shape index (κ3) is 3.99. The van der Waals surface area contributed by atoms with Crippen LogP contribution >= 0.6 is 11.8 Å². The zero-order chi connectivity index (χ0) is 18.0. The SMILES string of the molecule is CCOc1ccc(N2C(=NC(=O)COC)SC3CS(=O)(=O)CC32)cc1. The van der Waals surface area contributed by atoms with Gasteiger partial charge in [0.05, 0.1) is 24.2 Å². The number of hydrogen-bond acceptors (Lipinski definition) is 6. The molecule has 2 fully saturated rings. The largest absolute Gasteiger partial charge is 0.494 e. The smallest absolute Gasteiger partial charge is 0.274 e. The lowest BCUT2D eigenvalue weighted by atomic mass is 10.2. The third-order valence-electron chi connectivity index (χ3n) is 3.98. The van der Waals surface area contributed by atoms with Gasteiger partial charge in [0.2, 0.25) is 0 Å². The average Bonchev–Trinajstić information content (AvgIpc) is 3.00. The van der Waals surface area contributed by atoms with Crippen molar-refractivity contribution in [2.45, 2.75) is 18.2 Å². The van der Waals surface area contributed by atoms with Gasteiger partial charge in [0.25, 0.3) is 5.91 Å². The van der Waals surface area contributed by atoms with Crippen LogP contribution in [0.25, 0.3) is 0 Å². The molecule has 136 valence electrons. The summed E-state index contributed by atoms with van der Waals surface area (Å²) in [5, 5.41) is 0.404. The number of anilines is 1. The van der Waals surface area contributed by atoms with E-state index in [4.69, 9.17) is 9.47 Å². The number of benzene rings is 1. The molecule has 0 bridgehead atoms. The molecule has 1 amide bonds. The minimum atomic E-state index is -3.08. The maximum absolute atomic E-state index is 12.0. The van der Waals surface area contributed by atoms with Gasteiger partial charge in [-0.2, -0.15) is 4.99 Å². The average molecular weight is 384 g/mol. The number of aliphatic imine (C=N–C) groups is 1. The molecule has 2 heterocycles. The van der Waals surface area contributed by atoms with Gasteiger partial charge in [0, 0.05) is 18.0 Å². The monoisotopic (exact) mass is 384 g/mol. The predicted molar refractivity (Wildman–Crippen MR) is 98.2 cm³/mol. The second-order valence-electron chi connectivity index (χ2n) is 5.82. The number of thioether (sulfide) groups is 1. The lowest BCUT2D eigenvalue weighted by Crippen LogP contribution is -2.37. The Balaban J connectivity index is 1.93. The molecule has 0 saturated carbocycles. The van der Waals surface area contributed by atoms with Gasteiger partial charge in [-0.25, -0.2) is 8.42 Å². The van der Waals surface area contributed by atoms with Crippen LogP contribution in [0.5, 0.6) is 5.75 Å². The Kier molecular flexibility index (Phi) is 5.35. The Morgan fingerprint density at radius 2 is 2.04 bits per heavy atom. The van der Waals surface area contributed by atoms with Gasteiger partial charge in [-0.1, -0.05) is 11.8 Å². The maximum Gasteiger partial charge on any atom is 0.274 e. The van der Waals surface area contributed by atoms with Crippen molar-refractivity contribution < 1.29 is 22.7 Å². The molecule has 7 nitrogen and oxygen atoms in total. The first-order valence-corrected chi connectivity index (χ1v) is 10.6. The summed E-state index contributed by atoms with van der Waals surface area (Å²) in [6.45, 7) is 2.38. The number of methoxy groups -OCH3 is 1. The number of amidine groups is 1. The Hall–Kier alpha value is -1.58. The molecular weight excluding hydrogens is 364 g/mol. The molecule has 1 aromatic carbocycles. The first kappa shape index (κ1) is 18.2. The van der Waals surface area contributed by atoms with E-state index in [9.17, 15) is 13.2 Å². The molecule has 2 unspecified atom stereocenters. The Morgan fingerprint density at radius 1 is 1.32 bits per heavy atom. The molecular formula is C16H20N2O5S2. The predicted octanol–water partition coefficient (Wildman–Crippen LogP) is 1.33. The molecule has 0 N–H and O–H groups in total. The van der Waals surface area contributed by atoms with Crippen LogP contribution in [0.1, 0.15) is 6.92 Å². The Bertz CT molecular complexity index is 776. The fourth-order valence-electron chi connectivity index (χ4n) is 3.00. The number of hydrogen-bond donors (Lipinski definition) is 0. The van der Waals surface area contributed by atoms with E-state index in [1.807, 2.05) is 36.1 Å². The fraction of sp³-hybridized carbons (Fsp3) is 0.500. The van der Waals surface area contributed by atoms with Gasteiger partial charge in [-0.15, -0.1) is 0 Å². The molecule has 3 rings (SSSR count). The van der Waals surface area contributed by atoms with Crippen LogP contribution in [0.4, 0.5) is 5.69 Å². The molecule has 9 heteroatoms. The highest BCUT2D eigenvalue weighted by molar-refractivity contribution is 8.16. The summed E-state index contributed by atoms with van der Waals surface area (Å²) >= 11 is 1.34. The van der Waals surface area contributed by atoms with Crippen molar-refractivity contribution in [3.63, 3.8) is 0 Å². The van der Waals surface area contributed by atoms with E-state index in [-0.39, 0.29) is 35.3 Å². The maximum atomic E-state index is 12.0. The van der Waals surface area contributed by atoms with Gasteiger partial charge in [-0.3, -0.25) is 4.79 Å². The number of carbonyl (C=O) groups excluding carboxylic acids is 1. The third-order valence-corrected chi connectivity index (χ3v) is 7.19. The minimum Gasteiger partial charge on any atom is -0.494 e. The molecule has 0 spiro atoms. The number of sulfone groups is 1. The highest BCUT2D eigenvalue weighted by Crippen LogP contribution is 2.41. The molecule has 0 radical (unpaired) electrons. The van der Waals surface area contributed by atoms with Crippen molar-refractivity contribution in [2.75, 3.05) is 36.7 Å². The summed E-state index contributed by atoms with van der Waals surface area (Å²) in [6.07, 6.45) is 0. The number of carbonyl (C=O) groups is 1. The second kappa shape index (κ2) is 7.35.